The third-order valence-electron chi connectivity index (χ3n) is 6.75. The zero-order valence-corrected chi connectivity index (χ0v) is 26.7. The van der Waals surface area contributed by atoms with E-state index in [9.17, 15) is 4.89 Å². The molecular formula is C32H53O3P. The molecule has 1 N–H and O–H groups in total. The Balaban J connectivity index is 2.67. The first-order valence-corrected chi connectivity index (χ1v) is 15.0. The summed E-state index contributed by atoms with van der Waals surface area (Å²) in [5, 5.41) is -0.595. The van der Waals surface area contributed by atoms with E-state index in [1.54, 1.807) is 0 Å². The van der Waals surface area contributed by atoms with Gasteiger partial charge in [0.15, 0.2) is 0 Å². The molecule has 4 heteroatoms. The summed E-state index contributed by atoms with van der Waals surface area (Å²) in [4.78, 5) is 12.2. The molecule has 3 nitrogen and oxygen atoms in total. The van der Waals surface area contributed by atoms with E-state index < -0.39 is 13.1 Å². The van der Waals surface area contributed by atoms with Gasteiger partial charge in [0.1, 0.15) is 0 Å². The normalized spacial score (nSPS) is 14.6. The summed E-state index contributed by atoms with van der Waals surface area (Å²) in [5.41, 5.74) is 4.36. The molecule has 0 saturated carbocycles. The number of hydrogen-bond donors (Lipinski definition) is 1. The molecule has 0 aliphatic heterocycles. The van der Waals surface area contributed by atoms with Crippen molar-refractivity contribution in [3.8, 4) is 11.5 Å². The van der Waals surface area contributed by atoms with Gasteiger partial charge in [-0.05, 0) is 0 Å². The molecule has 0 atom stereocenters. The first kappa shape index (κ1) is 30.7. The first-order valence-electron chi connectivity index (χ1n) is 13.3. The van der Waals surface area contributed by atoms with Crippen molar-refractivity contribution in [3.05, 3.63) is 58.7 Å². The van der Waals surface area contributed by atoms with E-state index in [0.717, 1.165) is 11.1 Å². The molecular weight excluding hydrogens is 463 g/mol. The van der Waals surface area contributed by atoms with Gasteiger partial charge in [0.25, 0.3) is 0 Å². The average molecular weight is 517 g/mol. The molecule has 0 heterocycles. The molecule has 0 amide bonds. The van der Waals surface area contributed by atoms with Crippen LogP contribution in [0.3, 0.4) is 0 Å². The molecule has 0 unspecified atom stereocenters. The van der Waals surface area contributed by atoms with Crippen LogP contribution in [-0.2, 0) is 21.7 Å². The van der Waals surface area contributed by atoms with Gasteiger partial charge in [-0.3, -0.25) is 0 Å². The van der Waals surface area contributed by atoms with Crippen molar-refractivity contribution in [3.63, 3.8) is 0 Å². The van der Waals surface area contributed by atoms with Gasteiger partial charge >= 0.3 is 223 Å². The van der Waals surface area contributed by atoms with Crippen molar-refractivity contribution < 1.29 is 13.9 Å². The Labute approximate surface area is 222 Å². The molecule has 0 saturated heterocycles. The van der Waals surface area contributed by atoms with Gasteiger partial charge in [0.2, 0.25) is 0 Å². The van der Waals surface area contributed by atoms with Gasteiger partial charge in [0, 0.05) is 0 Å². The van der Waals surface area contributed by atoms with Crippen LogP contribution in [0.4, 0.5) is 0 Å². The molecule has 2 rings (SSSR count). The second-order valence-corrected chi connectivity index (χ2v) is 18.5. The van der Waals surface area contributed by atoms with Crippen LogP contribution in [0.15, 0.2) is 36.4 Å². The SMILES string of the molecule is CC(C)(C)c1ccc(O[PH](O)(Oc2ccc(C(C)(C)C)cc2C(C)(C)C)C(C)(C)C)c(C(C)(C)C)c1. The third kappa shape index (κ3) is 7.05. The fraction of sp³-hybridized carbons (Fsp3) is 0.625. The van der Waals surface area contributed by atoms with Crippen LogP contribution in [0.25, 0.3) is 0 Å². The fourth-order valence-electron chi connectivity index (χ4n) is 3.97. The van der Waals surface area contributed by atoms with E-state index in [2.05, 4.69) is 107 Å². The van der Waals surface area contributed by atoms with Crippen molar-refractivity contribution in [2.24, 2.45) is 0 Å². The summed E-state index contributed by atoms with van der Waals surface area (Å²) in [6.07, 6.45) is 0. The maximum absolute atomic E-state index is 12.2. The van der Waals surface area contributed by atoms with Gasteiger partial charge in [0.05, 0.1) is 0 Å². The molecule has 0 aliphatic rings. The van der Waals surface area contributed by atoms with Crippen LogP contribution in [0.2, 0.25) is 0 Å². The molecule has 2 aromatic carbocycles. The minimum absolute atomic E-state index is 0.0171. The summed E-state index contributed by atoms with van der Waals surface area (Å²) in [5.74, 6) is 1.39. The van der Waals surface area contributed by atoms with Crippen LogP contribution in [0, 0.1) is 0 Å². The van der Waals surface area contributed by atoms with E-state index in [-0.39, 0.29) is 21.7 Å². The van der Waals surface area contributed by atoms with Crippen LogP contribution < -0.4 is 9.05 Å². The monoisotopic (exact) mass is 516 g/mol. The van der Waals surface area contributed by atoms with Crippen LogP contribution in [0.1, 0.15) is 126 Å². The number of hydrogen-bond acceptors (Lipinski definition) is 3. The maximum atomic E-state index is 12.2. The van der Waals surface area contributed by atoms with Gasteiger partial charge < -0.3 is 0 Å². The van der Waals surface area contributed by atoms with Crippen LogP contribution in [0.5, 0.6) is 11.5 Å². The van der Waals surface area contributed by atoms with Crippen molar-refractivity contribution in [2.75, 3.05) is 0 Å². The topological polar surface area (TPSA) is 38.7 Å². The van der Waals surface area contributed by atoms with E-state index in [0.29, 0.717) is 11.5 Å². The predicted molar refractivity (Wildman–Crippen MR) is 159 cm³/mol. The Bertz CT molecular complexity index is 988. The molecule has 0 bridgehead atoms. The molecule has 0 radical (unpaired) electrons. The Morgan fingerprint density at radius 2 is 0.806 bits per heavy atom. The first-order chi connectivity index (χ1) is 15.9. The van der Waals surface area contributed by atoms with Gasteiger partial charge in [-0.15, -0.1) is 0 Å². The van der Waals surface area contributed by atoms with Crippen LogP contribution in [-0.4, -0.2) is 10.0 Å². The van der Waals surface area contributed by atoms with E-state index in [1.807, 2.05) is 32.9 Å². The summed E-state index contributed by atoms with van der Waals surface area (Å²) >= 11 is 0. The molecule has 2 aromatic rings. The van der Waals surface area contributed by atoms with Crippen molar-refractivity contribution in [1.29, 1.82) is 0 Å². The van der Waals surface area contributed by atoms with Crippen molar-refractivity contribution in [2.45, 2.75) is 131 Å². The fourth-order valence-corrected chi connectivity index (χ4v) is 5.57. The third-order valence-corrected chi connectivity index (χ3v) is 9.64. The van der Waals surface area contributed by atoms with E-state index in [1.165, 1.54) is 11.1 Å². The van der Waals surface area contributed by atoms with Crippen LogP contribution >= 0.6 is 7.94 Å². The Kier molecular flexibility index (Phi) is 8.20. The molecule has 36 heavy (non-hydrogen) atoms. The van der Waals surface area contributed by atoms with Gasteiger partial charge in [-0.2, -0.15) is 0 Å². The second-order valence-electron chi connectivity index (χ2n) is 15.5. The predicted octanol–water partition coefficient (Wildman–Crippen LogP) is 9.62. The Hall–Kier alpha value is -1.57. The van der Waals surface area contributed by atoms with E-state index >= 15 is 0 Å². The number of rotatable bonds is 4. The zero-order valence-electron chi connectivity index (χ0n) is 25.7. The van der Waals surface area contributed by atoms with E-state index in [4.69, 9.17) is 9.05 Å². The van der Waals surface area contributed by atoms with Gasteiger partial charge in [-0.25, -0.2) is 0 Å². The summed E-state index contributed by atoms with van der Waals surface area (Å²) in [6, 6.07) is 12.7. The standard InChI is InChI=1S/C32H53O3P/c1-28(2,3)22-16-18-26(24(20-22)30(7,8)9)34-36(33,32(13,14)15)35-27-19-17-23(29(4,5)6)21-25(27)31(10,11)12/h16-21,33,36H,1-15H3. The molecule has 0 fully saturated rings. The molecule has 0 aromatic heterocycles. The quantitative estimate of drug-likeness (QED) is 0.411. The zero-order chi connectivity index (χ0) is 28.1. The Morgan fingerprint density at radius 1 is 0.500 bits per heavy atom. The second kappa shape index (κ2) is 9.63. The summed E-state index contributed by atoms with van der Waals surface area (Å²) in [7, 11) is -3.78. The molecule has 204 valence electrons. The van der Waals surface area contributed by atoms with Crippen molar-refractivity contribution >= 4 is 7.94 Å². The number of benzene rings is 2. The van der Waals surface area contributed by atoms with Crippen molar-refractivity contribution in [1.82, 2.24) is 0 Å². The minimum atomic E-state index is -3.78. The molecule has 0 aliphatic carbocycles. The molecule has 0 spiro atoms. The van der Waals surface area contributed by atoms with Gasteiger partial charge in [-0.1, -0.05) is 0 Å². The summed E-state index contributed by atoms with van der Waals surface area (Å²) < 4.78 is 13.3. The summed E-state index contributed by atoms with van der Waals surface area (Å²) in [6.45, 7) is 32.4. The average Bonchev–Trinajstić information content (AvgIpc) is 2.64. The Morgan fingerprint density at radius 3 is 1.03 bits per heavy atom.